The van der Waals surface area contributed by atoms with Crippen LogP contribution in [-0.2, 0) is 16.6 Å². The van der Waals surface area contributed by atoms with Gasteiger partial charge in [-0.05, 0) is 17.4 Å². The lowest BCUT2D eigenvalue weighted by atomic mass is 10.6. The van der Waals surface area contributed by atoms with Crippen molar-refractivity contribution in [1.82, 2.24) is 20.2 Å². The zero-order valence-electron chi connectivity index (χ0n) is 7.52. The van der Waals surface area contributed by atoms with Gasteiger partial charge in [0.05, 0.1) is 6.61 Å². The van der Waals surface area contributed by atoms with Crippen molar-refractivity contribution in [3.63, 3.8) is 0 Å². The normalized spacial score (nSPS) is 9.69. The number of carbonyl (C=O) groups is 1. The Hall–Kier alpha value is -1.66. The average molecular weight is 185 g/mol. The monoisotopic (exact) mass is 185 g/mol. The van der Waals surface area contributed by atoms with Gasteiger partial charge in [0.25, 0.3) is 0 Å². The molecule has 0 unspecified atom stereocenters. The molecule has 0 aliphatic rings. The van der Waals surface area contributed by atoms with E-state index >= 15 is 0 Å². The van der Waals surface area contributed by atoms with E-state index in [1.165, 1.54) is 4.68 Å². The van der Waals surface area contributed by atoms with Crippen molar-refractivity contribution < 1.29 is 9.53 Å². The van der Waals surface area contributed by atoms with Gasteiger partial charge in [-0.3, -0.25) is 4.79 Å². The fraction of sp³-hybridized carbons (Fsp3) is 0.667. The maximum Gasteiger partial charge on any atom is 0.325 e. The van der Waals surface area contributed by atoms with Crippen LogP contribution in [0.3, 0.4) is 0 Å². The third-order valence-corrected chi connectivity index (χ3v) is 1.32. The fourth-order valence-electron chi connectivity index (χ4n) is 0.742. The molecule has 1 N–H and O–H groups in total. The van der Waals surface area contributed by atoms with Gasteiger partial charge in [-0.15, -0.1) is 0 Å². The van der Waals surface area contributed by atoms with Gasteiger partial charge in [-0.1, -0.05) is 5.10 Å². The summed E-state index contributed by atoms with van der Waals surface area (Å²) in [6.45, 7) is 2.20. The molecule has 0 fully saturated rings. The van der Waals surface area contributed by atoms with Crippen LogP contribution in [0.1, 0.15) is 6.92 Å². The van der Waals surface area contributed by atoms with Crippen LogP contribution in [0.25, 0.3) is 0 Å². The quantitative estimate of drug-likeness (QED) is 0.617. The summed E-state index contributed by atoms with van der Waals surface area (Å²) in [7, 11) is 1.67. The Morgan fingerprint density at radius 1 is 1.69 bits per heavy atom. The van der Waals surface area contributed by atoms with E-state index in [-0.39, 0.29) is 12.5 Å². The molecule has 13 heavy (non-hydrogen) atoms. The molecule has 0 atom stereocenters. The maximum atomic E-state index is 10.9. The number of esters is 1. The molecular weight excluding hydrogens is 174 g/mol. The van der Waals surface area contributed by atoms with Gasteiger partial charge in [-0.2, -0.15) is 0 Å². The van der Waals surface area contributed by atoms with Crippen LogP contribution in [0.15, 0.2) is 0 Å². The van der Waals surface area contributed by atoms with Crippen LogP contribution < -0.4 is 5.32 Å². The van der Waals surface area contributed by atoms with Gasteiger partial charge in [0, 0.05) is 7.05 Å². The number of nitrogens with one attached hydrogen (secondary N) is 1. The number of carbonyl (C=O) groups excluding carboxylic acids is 1. The molecule has 0 saturated carbocycles. The molecule has 0 radical (unpaired) electrons. The Labute approximate surface area is 75.1 Å². The van der Waals surface area contributed by atoms with E-state index in [0.29, 0.717) is 12.6 Å². The molecule has 72 valence electrons. The average Bonchev–Trinajstić information content (AvgIpc) is 2.48. The molecule has 7 heteroatoms. The highest BCUT2D eigenvalue weighted by Crippen LogP contribution is 1.94. The molecule has 1 rings (SSSR count). The second-order valence-electron chi connectivity index (χ2n) is 2.28. The van der Waals surface area contributed by atoms with E-state index in [9.17, 15) is 4.79 Å². The van der Waals surface area contributed by atoms with Crippen molar-refractivity contribution >= 4 is 11.9 Å². The molecule has 0 bridgehead atoms. The number of aryl methyl sites for hydroxylation is 1. The van der Waals surface area contributed by atoms with Crippen molar-refractivity contribution in [2.75, 3.05) is 18.5 Å². The van der Waals surface area contributed by atoms with Crippen molar-refractivity contribution in [3.8, 4) is 0 Å². The predicted molar refractivity (Wildman–Crippen MR) is 43.9 cm³/mol. The van der Waals surface area contributed by atoms with Crippen LogP contribution in [0, 0.1) is 0 Å². The highest BCUT2D eigenvalue weighted by Gasteiger charge is 2.04. The first kappa shape index (κ1) is 9.43. The first-order valence-corrected chi connectivity index (χ1v) is 3.86. The minimum Gasteiger partial charge on any atom is -0.465 e. The Morgan fingerprint density at radius 3 is 3.00 bits per heavy atom. The number of ether oxygens (including phenoxy) is 1. The smallest absolute Gasteiger partial charge is 0.325 e. The minimum absolute atomic E-state index is 0.0715. The van der Waals surface area contributed by atoms with Crippen LogP contribution in [0.2, 0.25) is 0 Å². The molecule has 0 spiro atoms. The lowest BCUT2D eigenvalue weighted by Gasteiger charge is -2.02. The SMILES string of the molecule is CCOC(=O)CNc1nnnn1C. The number of anilines is 1. The number of tetrazole rings is 1. The Morgan fingerprint density at radius 2 is 2.46 bits per heavy atom. The summed E-state index contributed by atoms with van der Waals surface area (Å²) in [5, 5.41) is 13.3. The largest absolute Gasteiger partial charge is 0.465 e. The first-order chi connectivity index (χ1) is 6.24. The van der Waals surface area contributed by atoms with E-state index in [0.717, 1.165) is 0 Å². The maximum absolute atomic E-state index is 10.9. The molecule has 0 amide bonds. The lowest BCUT2D eigenvalue weighted by molar-refractivity contribution is -0.140. The van der Waals surface area contributed by atoms with E-state index < -0.39 is 0 Å². The van der Waals surface area contributed by atoms with Crippen molar-refractivity contribution in [2.24, 2.45) is 7.05 Å². The third kappa shape index (κ3) is 2.69. The minimum atomic E-state index is -0.328. The van der Waals surface area contributed by atoms with Gasteiger partial charge in [0.2, 0.25) is 5.95 Å². The topological polar surface area (TPSA) is 81.9 Å². The summed E-state index contributed by atoms with van der Waals surface area (Å²) >= 11 is 0. The number of hydrogen-bond acceptors (Lipinski definition) is 6. The second kappa shape index (κ2) is 4.39. The Kier molecular flexibility index (Phi) is 3.18. The number of rotatable bonds is 4. The van der Waals surface area contributed by atoms with Crippen molar-refractivity contribution in [2.45, 2.75) is 6.92 Å². The van der Waals surface area contributed by atoms with Crippen LogP contribution in [0.5, 0.6) is 0 Å². The molecule has 0 aliphatic heterocycles. The van der Waals surface area contributed by atoms with E-state index in [4.69, 9.17) is 4.74 Å². The molecular formula is C6H11N5O2. The Bertz CT molecular complexity index is 284. The fourth-order valence-corrected chi connectivity index (χ4v) is 0.742. The lowest BCUT2D eigenvalue weighted by Crippen LogP contribution is -2.18. The summed E-state index contributed by atoms with van der Waals surface area (Å²) < 4.78 is 6.13. The van der Waals surface area contributed by atoms with Crippen LogP contribution in [0.4, 0.5) is 5.95 Å². The highest BCUT2D eigenvalue weighted by atomic mass is 16.5. The van der Waals surface area contributed by atoms with Crippen LogP contribution in [-0.4, -0.2) is 39.3 Å². The zero-order valence-corrected chi connectivity index (χ0v) is 7.52. The molecule has 0 aromatic carbocycles. The molecule has 1 heterocycles. The number of aromatic nitrogens is 4. The number of hydrogen-bond donors (Lipinski definition) is 1. The summed E-state index contributed by atoms with van der Waals surface area (Å²) in [5.41, 5.74) is 0. The second-order valence-corrected chi connectivity index (χ2v) is 2.28. The van der Waals surface area contributed by atoms with Crippen molar-refractivity contribution in [3.05, 3.63) is 0 Å². The zero-order chi connectivity index (χ0) is 9.68. The van der Waals surface area contributed by atoms with E-state index in [1.54, 1.807) is 14.0 Å². The summed E-state index contributed by atoms with van der Waals surface area (Å²) in [5.74, 6) is 0.110. The number of nitrogens with zero attached hydrogens (tertiary/aromatic N) is 4. The highest BCUT2D eigenvalue weighted by molar-refractivity contribution is 5.74. The van der Waals surface area contributed by atoms with Gasteiger partial charge in [0.1, 0.15) is 6.54 Å². The molecule has 0 saturated heterocycles. The van der Waals surface area contributed by atoms with Gasteiger partial charge >= 0.3 is 5.97 Å². The van der Waals surface area contributed by atoms with E-state index in [1.807, 2.05) is 0 Å². The Balaban J connectivity index is 2.35. The molecule has 0 aliphatic carbocycles. The molecule has 1 aromatic heterocycles. The first-order valence-electron chi connectivity index (χ1n) is 3.86. The summed E-state index contributed by atoms with van der Waals surface area (Å²) in [4.78, 5) is 10.9. The van der Waals surface area contributed by atoms with Gasteiger partial charge < -0.3 is 10.1 Å². The summed E-state index contributed by atoms with van der Waals surface area (Å²) in [6.07, 6.45) is 0. The van der Waals surface area contributed by atoms with Crippen LogP contribution >= 0.6 is 0 Å². The summed E-state index contributed by atoms with van der Waals surface area (Å²) in [6, 6.07) is 0. The third-order valence-electron chi connectivity index (χ3n) is 1.32. The van der Waals surface area contributed by atoms with Gasteiger partial charge in [-0.25, -0.2) is 4.68 Å². The molecule has 1 aromatic rings. The predicted octanol–water partition coefficient (Wildman–Crippen LogP) is -0.815. The molecule has 7 nitrogen and oxygen atoms in total. The van der Waals surface area contributed by atoms with E-state index in [2.05, 4.69) is 20.8 Å². The van der Waals surface area contributed by atoms with Crippen molar-refractivity contribution in [1.29, 1.82) is 0 Å². The van der Waals surface area contributed by atoms with Gasteiger partial charge in [0.15, 0.2) is 0 Å². The standard InChI is InChI=1S/C6H11N5O2/c1-3-13-5(12)4-7-6-8-9-10-11(6)2/h3-4H2,1-2H3,(H,7,8,10).